The van der Waals surface area contributed by atoms with Gasteiger partial charge >= 0.3 is 0 Å². The summed E-state index contributed by atoms with van der Waals surface area (Å²) in [7, 11) is 0. The van der Waals surface area contributed by atoms with Gasteiger partial charge in [-0.3, -0.25) is 9.59 Å². The molecule has 0 fully saturated rings. The van der Waals surface area contributed by atoms with Gasteiger partial charge in [-0.2, -0.15) is 5.10 Å². The minimum atomic E-state index is -0.915. The third kappa shape index (κ3) is 7.76. The Morgan fingerprint density at radius 1 is 0.941 bits per heavy atom. The molecule has 0 aliphatic carbocycles. The first-order valence-corrected chi connectivity index (χ1v) is 11.5. The first-order valence-electron chi connectivity index (χ1n) is 10.4. The number of benzene rings is 3. The van der Waals surface area contributed by atoms with Crippen LogP contribution in [0.15, 0.2) is 77.9 Å². The summed E-state index contributed by atoms with van der Waals surface area (Å²) in [5.41, 5.74) is 4.12. The van der Waals surface area contributed by atoms with E-state index in [-0.39, 0.29) is 11.4 Å². The van der Waals surface area contributed by atoms with Gasteiger partial charge in [0, 0.05) is 16.5 Å². The summed E-state index contributed by atoms with van der Waals surface area (Å²) in [5.74, 6) is -0.645. The SMILES string of the molecule is C[C@@H](Oc1ccc(Cl)cc1Cl)C(=O)N[C@H](Cc1ccccc1)C(=O)N/N=C\c1ccc(Cl)cc1. The molecule has 176 valence electrons. The Bertz CT molecular complexity index is 1160. The first-order chi connectivity index (χ1) is 16.3. The molecule has 0 spiro atoms. The topological polar surface area (TPSA) is 79.8 Å². The summed E-state index contributed by atoms with van der Waals surface area (Å²) < 4.78 is 5.67. The van der Waals surface area contributed by atoms with Crippen LogP contribution >= 0.6 is 34.8 Å². The number of hydrogen-bond donors (Lipinski definition) is 2. The quantitative estimate of drug-likeness (QED) is 0.298. The lowest BCUT2D eigenvalue weighted by Gasteiger charge is -2.21. The Morgan fingerprint density at radius 2 is 1.62 bits per heavy atom. The predicted octanol–water partition coefficient (Wildman–Crippen LogP) is 5.29. The van der Waals surface area contributed by atoms with Crippen LogP contribution in [0.2, 0.25) is 15.1 Å². The van der Waals surface area contributed by atoms with Crippen molar-refractivity contribution in [3.05, 3.63) is 99.0 Å². The zero-order valence-electron chi connectivity index (χ0n) is 18.2. The third-order valence-electron chi connectivity index (χ3n) is 4.74. The summed E-state index contributed by atoms with van der Waals surface area (Å²) in [6.07, 6.45) is 0.843. The molecule has 6 nitrogen and oxygen atoms in total. The van der Waals surface area contributed by atoms with Crippen molar-refractivity contribution in [2.45, 2.75) is 25.5 Å². The van der Waals surface area contributed by atoms with Gasteiger partial charge in [-0.15, -0.1) is 0 Å². The van der Waals surface area contributed by atoms with E-state index in [1.54, 1.807) is 43.3 Å². The molecule has 0 bridgehead atoms. The summed E-state index contributed by atoms with van der Waals surface area (Å²) >= 11 is 17.9. The van der Waals surface area contributed by atoms with Crippen LogP contribution in [-0.4, -0.2) is 30.2 Å². The van der Waals surface area contributed by atoms with Crippen molar-refractivity contribution in [1.29, 1.82) is 0 Å². The molecule has 0 heterocycles. The van der Waals surface area contributed by atoms with Crippen LogP contribution in [-0.2, 0) is 16.0 Å². The van der Waals surface area contributed by atoms with Gasteiger partial charge in [-0.05, 0) is 48.4 Å². The zero-order valence-corrected chi connectivity index (χ0v) is 20.4. The highest BCUT2D eigenvalue weighted by atomic mass is 35.5. The Labute approximate surface area is 212 Å². The number of carbonyl (C=O) groups is 2. The first kappa shape index (κ1) is 25.6. The molecule has 0 aliphatic rings. The highest BCUT2D eigenvalue weighted by Crippen LogP contribution is 2.28. The Kier molecular flexibility index (Phi) is 9.33. The maximum atomic E-state index is 12.9. The highest BCUT2D eigenvalue weighted by Gasteiger charge is 2.25. The van der Waals surface area contributed by atoms with Gasteiger partial charge in [0.15, 0.2) is 6.10 Å². The van der Waals surface area contributed by atoms with Gasteiger partial charge in [-0.1, -0.05) is 77.3 Å². The molecular formula is C25H22Cl3N3O3. The fourth-order valence-electron chi connectivity index (χ4n) is 2.96. The maximum absolute atomic E-state index is 12.9. The van der Waals surface area contributed by atoms with Crippen molar-refractivity contribution in [1.82, 2.24) is 10.7 Å². The van der Waals surface area contributed by atoms with E-state index in [0.717, 1.165) is 11.1 Å². The number of carbonyl (C=O) groups excluding carboxylic acids is 2. The van der Waals surface area contributed by atoms with E-state index >= 15 is 0 Å². The van der Waals surface area contributed by atoms with Crippen molar-refractivity contribution < 1.29 is 14.3 Å². The van der Waals surface area contributed by atoms with Gasteiger partial charge < -0.3 is 10.1 Å². The fourth-order valence-corrected chi connectivity index (χ4v) is 3.54. The second-order valence-corrected chi connectivity index (χ2v) is 8.65. The number of halogens is 3. The molecule has 2 atom stereocenters. The molecule has 0 saturated carbocycles. The number of nitrogens with zero attached hydrogens (tertiary/aromatic N) is 1. The summed E-state index contributed by atoms with van der Waals surface area (Å²) in [6.45, 7) is 1.57. The van der Waals surface area contributed by atoms with E-state index in [4.69, 9.17) is 39.5 Å². The van der Waals surface area contributed by atoms with Gasteiger partial charge in [-0.25, -0.2) is 5.43 Å². The number of rotatable bonds is 9. The van der Waals surface area contributed by atoms with Gasteiger partial charge in [0.2, 0.25) is 0 Å². The molecule has 0 radical (unpaired) electrons. The number of nitrogens with one attached hydrogen (secondary N) is 2. The second kappa shape index (κ2) is 12.4. The molecule has 9 heteroatoms. The molecule has 2 amide bonds. The van der Waals surface area contributed by atoms with E-state index in [1.807, 2.05) is 30.3 Å². The molecule has 0 saturated heterocycles. The molecule has 34 heavy (non-hydrogen) atoms. The number of ether oxygens (including phenoxy) is 1. The average Bonchev–Trinajstić information content (AvgIpc) is 2.82. The minimum absolute atomic E-state index is 0.267. The Morgan fingerprint density at radius 3 is 2.29 bits per heavy atom. The summed E-state index contributed by atoms with van der Waals surface area (Å²) in [4.78, 5) is 25.7. The lowest BCUT2D eigenvalue weighted by molar-refractivity contribution is -0.132. The maximum Gasteiger partial charge on any atom is 0.262 e. The molecular weight excluding hydrogens is 497 g/mol. The van der Waals surface area contributed by atoms with E-state index in [9.17, 15) is 9.59 Å². The molecule has 0 aromatic heterocycles. The molecule has 3 rings (SSSR count). The van der Waals surface area contributed by atoms with Crippen molar-refractivity contribution in [3.8, 4) is 5.75 Å². The van der Waals surface area contributed by atoms with E-state index in [1.165, 1.54) is 12.3 Å². The van der Waals surface area contributed by atoms with Gasteiger partial charge in [0.25, 0.3) is 11.8 Å². The van der Waals surface area contributed by atoms with E-state index in [0.29, 0.717) is 15.8 Å². The highest BCUT2D eigenvalue weighted by molar-refractivity contribution is 6.35. The average molecular weight is 519 g/mol. The fraction of sp³-hybridized carbons (Fsp3) is 0.160. The normalized spacial score (nSPS) is 12.7. The minimum Gasteiger partial charge on any atom is -0.479 e. The van der Waals surface area contributed by atoms with Gasteiger partial charge in [0.1, 0.15) is 11.8 Å². The molecule has 0 aliphatic heterocycles. The van der Waals surface area contributed by atoms with Crippen molar-refractivity contribution >= 4 is 52.8 Å². The monoisotopic (exact) mass is 517 g/mol. The van der Waals surface area contributed by atoms with E-state index < -0.39 is 24.0 Å². The van der Waals surface area contributed by atoms with Crippen LogP contribution in [0.1, 0.15) is 18.1 Å². The second-order valence-electron chi connectivity index (χ2n) is 7.37. The standard InChI is InChI=1S/C25H22Cl3N3O3/c1-16(34-23-12-11-20(27)14-21(23)28)24(32)30-22(13-17-5-3-2-4-6-17)25(33)31-29-15-18-7-9-19(26)10-8-18/h2-12,14-16,22H,13H2,1H3,(H,30,32)(H,31,33)/b29-15-/t16-,22-/m1/s1. The lowest BCUT2D eigenvalue weighted by atomic mass is 10.1. The smallest absolute Gasteiger partial charge is 0.262 e. The number of amides is 2. The Balaban J connectivity index is 1.68. The van der Waals surface area contributed by atoms with Crippen LogP contribution in [0.4, 0.5) is 0 Å². The van der Waals surface area contributed by atoms with Gasteiger partial charge in [0.05, 0.1) is 11.2 Å². The molecule has 3 aromatic carbocycles. The van der Waals surface area contributed by atoms with Crippen LogP contribution in [0.25, 0.3) is 0 Å². The van der Waals surface area contributed by atoms with Crippen molar-refractivity contribution in [2.24, 2.45) is 5.10 Å². The third-order valence-corrected chi connectivity index (χ3v) is 5.52. The van der Waals surface area contributed by atoms with E-state index in [2.05, 4.69) is 15.8 Å². The van der Waals surface area contributed by atoms with Crippen molar-refractivity contribution in [2.75, 3.05) is 0 Å². The number of hydrogen-bond acceptors (Lipinski definition) is 4. The largest absolute Gasteiger partial charge is 0.479 e. The Hall–Kier alpha value is -3.06. The van der Waals surface area contributed by atoms with Crippen LogP contribution in [0.5, 0.6) is 5.75 Å². The number of hydrazone groups is 1. The summed E-state index contributed by atoms with van der Waals surface area (Å²) in [5, 5.41) is 8.06. The summed E-state index contributed by atoms with van der Waals surface area (Å²) in [6, 6.07) is 20.1. The van der Waals surface area contributed by atoms with Crippen molar-refractivity contribution in [3.63, 3.8) is 0 Å². The van der Waals surface area contributed by atoms with Crippen LogP contribution in [0, 0.1) is 0 Å². The molecule has 3 aromatic rings. The zero-order chi connectivity index (χ0) is 24.5. The molecule has 0 unspecified atom stereocenters. The van der Waals surface area contributed by atoms with Crippen LogP contribution in [0.3, 0.4) is 0 Å². The van der Waals surface area contributed by atoms with Crippen LogP contribution < -0.4 is 15.5 Å². The molecule has 2 N–H and O–H groups in total. The predicted molar refractivity (Wildman–Crippen MR) is 136 cm³/mol. The lowest BCUT2D eigenvalue weighted by Crippen LogP contribution is -2.50.